The van der Waals surface area contributed by atoms with Crippen LogP contribution in [0.25, 0.3) is 0 Å². The standard InChI is InChI=1S/C13H13N3O2/c1-8-12(7-15-13(14)16-8)18-11-6-4-3-5-10(11)9(2)17/h3-7H,1-2H3,(H2,14,15,16). The molecule has 1 heterocycles. The Balaban J connectivity index is 2.37. The first-order chi connectivity index (χ1) is 8.58. The lowest BCUT2D eigenvalue weighted by atomic mass is 10.1. The molecule has 0 amide bonds. The number of Topliss-reactive ketones (excluding diaryl/α,β-unsaturated/α-hetero) is 1. The predicted molar refractivity (Wildman–Crippen MR) is 67.7 cm³/mol. The third-order valence-electron chi connectivity index (χ3n) is 2.44. The summed E-state index contributed by atoms with van der Waals surface area (Å²) in [5.74, 6) is 1.11. The van der Waals surface area contributed by atoms with Gasteiger partial charge in [0.1, 0.15) is 5.75 Å². The molecule has 0 spiro atoms. The Kier molecular flexibility index (Phi) is 3.23. The van der Waals surface area contributed by atoms with Gasteiger partial charge in [-0.2, -0.15) is 0 Å². The van der Waals surface area contributed by atoms with E-state index in [1.54, 1.807) is 31.2 Å². The summed E-state index contributed by atoms with van der Waals surface area (Å²) >= 11 is 0. The SMILES string of the molecule is CC(=O)c1ccccc1Oc1cnc(N)nc1C. The van der Waals surface area contributed by atoms with E-state index in [4.69, 9.17) is 10.5 Å². The second-order valence-corrected chi connectivity index (χ2v) is 3.83. The van der Waals surface area contributed by atoms with E-state index in [-0.39, 0.29) is 11.7 Å². The van der Waals surface area contributed by atoms with E-state index in [2.05, 4.69) is 9.97 Å². The van der Waals surface area contributed by atoms with Crippen molar-refractivity contribution in [2.75, 3.05) is 5.73 Å². The van der Waals surface area contributed by atoms with Crippen LogP contribution in [-0.4, -0.2) is 15.8 Å². The van der Waals surface area contributed by atoms with Gasteiger partial charge in [-0.05, 0) is 26.0 Å². The first kappa shape index (κ1) is 12.0. The van der Waals surface area contributed by atoms with Crippen LogP contribution in [0.4, 0.5) is 5.95 Å². The molecule has 0 fully saturated rings. The van der Waals surface area contributed by atoms with E-state index in [1.165, 1.54) is 13.1 Å². The van der Waals surface area contributed by atoms with E-state index in [0.29, 0.717) is 22.8 Å². The number of aromatic nitrogens is 2. The number of aryl methyl sites for hydroxylation is 1. The van der Waals surface area contributed by atoms with Gasteiger partial charge in [0.25, 0.3) is 0 Å². The molecule has 2 N–H and O–H groups in total. The van der Waals surface area contributed by atoms with Crippen LogP contribution < -0.4 is 10.5 Å². The van der Waals surface area contributed by atoms with Crippen molar-refractivity contribution in [3.05, 3.63) is 41.7 Å². The summed E-state index contributed by atoms with van der Waals surface area (Å²) in [6.45, 7) is 3.26. The van der Waals surface area contributed by atoms with Crippen molar-refractivity contribution in [3.63, 3.8) is 0 Å². The molecule has 1 aromatic heterocycles. The number of nitrogens with zero attached hydrogens (tertiary/aromatic N) is 2. The number of para-hydroxylation sites is 1. The maximum atomic E-state index is 11.5. The number of anilines is 1. The van der Waals surface area contributed by atoms with Crippen LogP contribution in [0, 0.1) is 6.92 Å². The smallest absolute Gasteiger partial charge is 0.220 e. The van der Waals surface area contributed by atoms with Gasteiger partial charge in [0, 0.05) is 0 Å². The molecular formula is C13H13N3O2. The number of ketones is 1. The minimum Gasteiger partial charge on any atom is -0.453 e. The highest BCUT2D eigenvalue weighted by atomic mass is 16.5. The molecule has 0 atom stereocenters. The first-order valence-electron chi connectivity index (χ1n) is 5.45. The van der Waals surface area contributed by atoms with Gasteiger partial charge in [-0.25, -0.2) is 9.97 Å². The van der Waals surface area contributed by atoms with Crippen molar-refractivity contribution < 1.29 is 9.53 Å². The van der Waals surface area contributed by atoms with Gasteiger partial charge in [0.05, 0.1) is 17.5 Å². The highest BCUT2D eigenvalue weighted by molar-refractivity contribution is 5.96. The van der Waals surface area contributed by atoms with Gasteiger partial charge in [-0.1, -0.05) is 12.1 Å². The van der Waals surface area contributed by atoms with Gasteiger partial charge >= 0.3 is 0 Å². The summed E-state index contributed by atoms with van der Waals surface area (Å²) in [4.78, 5) is 19.3. The van der Waals surface area contributed by atoms with Gasteiger partial charge in [0.15, 0.2) is 11.5 Å². The number of nitrogens with two attached hydrogens (primary N) is 1. The zero-order valence-corrected chi connectivity index (χ0v) is 10.2. The fourth-order valence-electron chi connectivity index (χ4n) is 1.54. The minimum atomic E-state index is -0.0559. The van der Waals surface area contributed by atoms with Crippen LogP contribution >= 0.6 is 0 Å². The Morgan fingerprint density at radius 2 is 2.00 bits per heavy atom. The van der Waals surface area contributed by atoms with Crippen molar-refractivity contribution >= 4 is 11.7 Å². The number of hydrogen-bond donors (Lipinski definition) is 1. The lowest BCUT2D eigenvalue weighted by Crippen LogP contribution is -2.01. The molecule has 1 aromatic carbocycles. The Labute approximate surface area is 105 Å². The Morgan fingerprint density at radius 3 is 2.67 bits per heavy atom. The molecule has 0 radical (unpaired) electrons. The van der Waals surface area contributed by atoms with Gasteiger partial charge in [-0.15, -0.1) is 0 Å². The molecule has 2 aromatic rings. The van der Waals surface area contributed by atoms with Crippen LogP contribution in [0.3, 0.4) is 0 Å². The summed E-state index contributed by atoms with van der Waals surface area (Å²) in [5, 5.41) is 0. The molecule has 0 aliphatic carbocycles. The summed E-state index contributed by atoms with van der Waals surface area (Å²) in [5.41, 5.74) is 6.61. The van der Waals surface area contributed by atoms with Crippen LogP contribution in [0.5, 0.6) is 11.5 Å². The Bertz CT molecular complexity index is 597. The van der Waals surface area contributed by atoms with Crippen molar-refractivity contribution in [3.8, 4) is 11.5 Å². The summed E-state index contributed by atoms with van der Waals surface area (Å²) < 4.78 is 5.66. The van der Waals surface area contributed by atoms with Crippen LogP contribution in [0.1, 0.15) is 23.0 Å². The van der Waals surface area contributed by atoms with Gasteiger partial charge in [-0.3, -0.25) is 4.79 Å². The van der Waals surface area contributed by atoms with E-state index in [9.17, 15) is 4.79 Å². The number of carbonyl (C=O) groups excluding carboxylic acids is 1. The molecule has 0 aliphatic rings. The predicted octanol–water partition coefficient (Wildman–Crippen LogP) is 2.36. The quantitative estimate of drug-likeness (QED) is 0.837. The van der Waals surface area contributed by atoms with E-state index in [0.717, 1.165) is 0 Å². The average Bonchev–Trinajstić information content (AvgIpc) is 2.33. The minimum absolute atomic E-state index is 0.0559. The lowest BCUT2D eigenvalue weighted by molar-refractivity contribution is 0.101. The average molecular weight is 243 g/mol. The number of carbonyl (C=O) groups is 1. The maximum absolute atomic E-state index is 11.5. The fourth-order valence-corrected chi connectivity index (χ4v) is 1.54. The molecule has 0 unspecified atom stereocenters. The third-order valence-corrected chi connectivity index (χ3v) is 2.44. The molecule has 0 aliphatic heterocycles. The molecule has 18 heavy (non-hydrogen) atoms. The van der Waals surface area contributed by atoms with Crippen molar-refractivity contribution in [1.29, 1.82) is 0 Å². The van der Waals surface area contributed by atoms with Crippen molar-refractivity contribution in [1.82, 2.24) is 9.97 Å². The molecule has 92 valence electrons. The molecule has 0 bridgehead atoms. The number of rotatable bonds is 3. The highest BCUT2D eigenvalue weighted by Gasteiger charge is 2.10. The van der Waals surface area contributed by atoms with Crippen LogP contribution in [0.2, 0.25) is 0 Å². The number of benzene rings is 1. The van der Waals surface area contributed by atoms with Crippen LogP contribution in [0.15, 0.2) is 30.5 Å². The first-order valence-corrected chi connectivity index (χ1v) is 5.45. The van der Waals surface area contributed by atoms with Crippen molar-refractivity contribution in [2.24, 2.45) is 0 Å². The molecule has 5 nitrogen and oxygen atoms in total. The van der Waals surface area contributed by atoms with Crippen molar-refractivity contribution in [2.45, 2.75) is 13.8 Å². The molecule has 5 heteroatoms. The largest absolute Gasteiger partial charge is 0.453 e. The fraction of sp³-hybridized carbons (Fsp3) is 0.154. The van der Waals surface area contributed by atoms with Crippen LogP contribution in [-0.2, 0) is 0 Å². The molecule has 2 rings (SSSR count). The normalized spacial score (nSPS) is 10.1. The number of nitrogen functional groups attached to an aromatic ring is 1. The topological polar surface area (TPSA) is 78.1 Å². The van der Waals surface area contributed by atoms with Gasteiger partial charge in [0.2, 0.25) is 5.95 Å². The maximum Gasteiger partial charge on any atom is 0.220 e. The second-order valence-electron chi connectivity index (χ2n) is 3.83. The molecule has 0 saturated carbocycles. The highest BCUT2D eigenvalue weighted by Crippen LogP contribution is 2.26. The number of hydrogen-bond acceptors (Lipinski definition) is 5. The molecular weight excluding hydrogens is 230 g/mol. The summed E-state index contributed by atoms with van der Waals surface area (Å²) in [6, 6.07) is 7.03. The lowest BCUT2D eigenvalue weighted by Gasteiger charge is -2.10. The monoisotopic (exact) mass is 243 g/mol. The third kappa shape index (κ3) is 2.45. The second kappa shape index (κ2) is 4.83. The van der Waals surface area contributed by atoms with E-state index in [1.807, 2.05) is 0 Å². The van der Waals surface area contributed by atoms with E-state index >= 15 is 0 Å². The zero-order chi connectivity index (χ0) is 13.1. The van der Waals surface area contributed by atoms with Gasteiger partial charge < -0.3 is 10.5 Å². The summed E-state index contributed by atoms with van der Waals surface area (Å²) in [7, 11) is 0. The Hall–Kier alpha value is -2.43. The number of ether oxygens (including phenoxy) is 1. The zero-order valence-electron chi connectivity index (χ0n) is 10.2. The van der Waals surface area contributed by atoms with E-state index < -0.39 is 0 Å². The summed E-state index contributed by atoms with van der Waals surface area (Å²) in [6.07, 6.45) is 1.49. The Morgan fingerprint density at radius 1 is 1.28 bits per heavy atom. The molecule has 0 saturated heterocycles.